The first-order valence-electron chi connectivity index (χ1n) is 29.4. The largest absolute Gasteiger partial charge is 0.462 e. The third kappa shape index (κ3) is 57.1. The van der Waals surface area contributed by atoms with E-state index in [9.17, 15) is 14.7 Å². The molecule has 0 fully saturated rings. The molecule has 5 nitrogen and oxygen atoms in total. The zero-order chi connectivity index (χ0) is 50.6. The van der Waals surface area contributed by atoms with Crippen molar-refractivity contribution >= 4 is 11.9 Å². The van der Waals surface area contributed by atoms with Gasteiger partial charge in [-0.1, -0.05) is 264 Å². The number of rotatable bonds is 53. The molecule has 0 saturated carbocycles. The summed E-state index contributed by atoms with van der Waals surface area (Å²) in [6.07, 6.45) is 86.3. The van der Waals surface area contributed by atoms with Gasteiger partial charge in [-0.05, 0) is 103 Å². The lowest BCUT2D eigenvalue weighted by Gasteiger charge is -2.15. The molecule has 0 bridgehead atoms. The van der Waals surface area contributed by atoms with Crippen molar-refractivity contribution in [3.63, 3.8) is 0 Å². The summed E-state index contributed by atoms with van der Waals surface area (Å²) in [5.74, 6) is -0.600. The second kappa shape index (κ2) is 59.9. The second-order valence-electron chi connectivity index (χ2n) is 19.3. The first-order valence-corrected chi connectivity index (χ1v) is 29.4. The molecule has 0 rings (SSSR count). The average Bonchev–Trinajstić information content (AvgIpc) is 3.36. The fraction of sp³-hybridized carbons (Fsp3) is 0.692. The lowest BCUT2D eigenvalue weighted by molar-refractivity contribution is -0.161. The molecule has 0 aromatic carbocycles. The summed E-state index contributed by atoms with van der Waals surface area (Å²) < 4.78 is 10.7. The van der Waals surface area contributed by atoms with Crippen molar-refractivity contribution in [2.45, 2.75) is 277 Å². The van der Waals surface area contributed by atoms with Crippen LogP contribution in [-0.2, 0) is 19.1 Å². The predicted octanol–water partition coefficient (Wildman–Crippen LogP) is 20.1. The molecule has 0 aromatic rings. The summed E-state index contributed by atoms with van der Waals surface area (Å²) >= 11 is 0. The fourth-order valence-corrected chi connectivity index (χ4v) is 8.15. The van der Waals surface area contributed by atoms with Crippen LogP contribution in [0.25, 0.3) is 0 Å². The Hall–Kier alpha value is -3.44. The Morgan fingerprint density at radius 2 is 0.614 bits per heavy atom. The molecule has 1 N–H and O–H groups in total. The van der Waals surface area contributed by atoms with Gasteiger partial charge in [0.05, 0.1) is 6.61 Å². The van der Waals surface area contributed by atoms with Crippen molar-refractivity contribution in [3.05, 3.63) is 109 Å². The average molecular weight is 972 g/mol. The predicted molar refractivity (Wildman–Crippen MR) is 306 cm³/mol. The molecule has 400 valence electrons. The van der Waals surface area contributed by atoms with Gasteiger partial charge in [0, 0.05) is 12.8 Å². The van der Waals surface area contributed by atoms with Crippen LogP contribution >= 0.6 is 0 Å². The van der Waals surface area contributed by atoms with Gasteiger partial charge in [0.15, 0.2) is 6.10 Å². The Morgan fingerprint density at radius 3 is 0.943 bits per heavy atom. The summed E-state index contributed by atoms with van der Waals surface area (Å²) in [4.78, 5) is 24.5. The maximum atomic E-state index is 12.3. The van der Waals surface area contributed by atoms with Crippen molar-refractivity contribution in [2.75, 3.05) is 13.2 Å². The molecule has 1 unspecified atom stereocenters. The van der Waals surface area contributed by atoms with Gasteiger partial charge in [0.1, 0.15) is 6.61 Å². The first-order chi connectivity index (χ1) is 34.6. The van der Waals surface area contributed by atoms with Gasteiger partial charge in [0.25, 0.3) is 0 Å². The highest BCUT2D eigenvalue weighted by atomic mass is 16.6. The number of unbranched alkanes of at least 4 members (excludes halogenated alkanes) is 27. The van der Waals surface area contributed by atoms with Crippen LogP contribution in [-0.4, -0.2) is 36.4 Å². The molecule has 0 amide bonds. The smallest absolute Gasteiger partial charge is 0.306 e. The van der Waals surface area contributed by atoms with Crippen molar-refractivity contribution < 1.29 is 24.2 Å². The van der Waals surface area contributed by atoms with Crippen LogP contribution in [0.1, 0.15) is 271 Å². The molecule has 0 aliphatic carbocycles. The molecule has 0 aliphatic heterocycles. The first kappa shape index (κ1) is 66.6. The third-order valence-electron chi connectivity index (χ3n) is 12.6. The zero-order valence-corrected chi connectivity index (χ0v) is 45.7. The second-order valence-corrected chi connectivity index (χ2v) is 19.3. The van der Waals surface area contributed by atoms with Gasteiger partial charge in [0.2, 0.25) is 0 Å². The van der Waals surface area contributed by atoms with E-state index in [0.717, 1.165) is 96.3 Å². The Labute approximate surface area is 433 Å². The van der Waals surface area contributed by atoms with E-state index < -0.39 is 6.10 Å². The number of carbonyl (C=O) groups excluding carboxylic acids is 2. The minimum Gasteiger partial charge on any atom is -0.462 e. The van der Waals surface area contributed by atoms with Gasteiger partial charge < -0.3 is 14.6 Å². The minimum atomic E-state index is -0.784. The lowest BCUT2D eigenvalue weighted by atomic mass is 10.0. The SMILES string of the molecule is CC/C=C\C/C=C\C/C=C\C/C=C\C/C=C\C/C=C\C/C=C\C/C=C\CCCCCCCCCCC(=O)OC(CO)COC(=O)CCCCCCCCCCCCC/C=C\CCCCCCCCCC. The maximum absolute atomic E-state index is 12.3. The van der Waals surface area contributed by atoms with Gasteiger partial charge in [-0.3, -0.25) is 9.59 Å². The summed E-state index contributed by atoms with van der Waals surface area (Å²) in [5, 5.41) is 9.66. The van der Waals surface area contributed by atoms with E-state index in [4.69, 9.17) is 9.47 Å². The van der Waals surface area contributed by atoms with E-state index in [-0.39, 0.29) is 25.2 Å². The van der Waals surface area contributed by atoms with Crippen LogP contribution < -0.4 is 0 Å². The topological polar surface area (TPSA) is 72.8 Å². The van der Waals surface area contributed by atoms with Crippen LogP contribution in [0.5, 0.6) is 0 Å². The number of allylic oxidation sites excluding steroid dienone is 18. The van der Waals surface area contributed by atoms with E-state index in [2.05, 4.69) is 123 Å². The summed E-state index contributed by atoms with van der Waals surface area (Å²) in [5.41, 5.74) is 0. The molecular formula is C65H110O5. The van der Waals surface area contributed by atoms with Crippen molar-refractivity contribution in [1.29, 1.82) is 0 Å². The van der Waals surface area contributed by atoms with Crippen LogP contribution in [0.4, 0.5) is 0 Å². The molecule has 1 atom stereocenters. The van der Waals surface area contributed by atoms with Gasteiger partial charge >= 0.3 is 11.9 Å². The van der Waals surface area contributed by atoms with E-state index >= 15 is 0 Å². The van der Waals surface area contributed by atoms with Crippen LogP contribution in [0.3, 0.4) is 0 Å². The van der Waals surface area contributed by atoms with E-state index in [0.29, 0.717) is 12.8 Å². The molecule has 0 heterocycles. The molecule has 5 heteroatoms. The van der Waals surface area contributed by atoms with Crippen molar-refractivity contribution in [2.24, 2.45) is 0 Å². The number of ether oxygens (including phenoxy) is 2. The molecular weight excluding hydrogens is 861 g/mol. The molecule has 70 heavy (non-hydrogen) atoms. The standard InChI is InChI=1S/C65H110O5/c1-3-5-7-9-11-13-15-17-19-21-23-25-27-28-29-30-31-32-33-34-35-36-38-40-42-44-46-48-50-52-54-56-58-60-65(68)70-63(61-66)62-69-64(67)59-57-55-53-51-49-47-45-43-41-39-37-26-24-22-20-18-16-14-12-10-8-6-4-2/h5,7,11,13,17,19,22-25,28-29,31-32,34-35,38,40,63,66H,3-4,6,8-10,12,14-16,18,20-21,26-27,30,33,36-37,39,41-62H2,1-2H3/b7-5-,13-11-,19-17-,24-22-,25-23-,29-28-,32-31-,35-34-,40-38-. The van der Waals surface area contributed by atoms with Gasteiger partial charge in [-0.15, -0.1) is 0 Å². The van der Waals surface area contributed by atoms with Crippen molar-refractivity contribution in [3.8, 4) is 0 Å². The van der Waals surface area contributed by atoms with Gasteiger partial charge in [-0.2, -0.15) is 0 Å². The number of hydrogen-bond donors (Lipinski definition) is 1. The molecule has 0 aromatic heterocycles. The number of carbonyl (C=O) groups is 2. The summed E-state index contributed by atoms with van der Waals surface area (Å²) in [6.45, 7) is 4.03. The maximum Gasteiger partial charge on any atom is 0.306 e. The lowest BCUT2D eigenvalue weighted by Crippen LogP contribution is -2.28. The normalized spacial score (nSPS) is 13.0. The monoisotopic (exact) mass is 971 g/mol. The number of hydrogen-bond acceptors (Lipinski definition) is 5. The number of aliphatic hydroxyl groups is 1. The number of esters is 2. The summed E-state index contributed by atoms with van der Waals surface area (Å²) in [6, 6.07) is 0. The molecule has 0 radical (unpaired) electrons. The Kier molecular flexibility index (Phi) is 56.9. The highest BCUT2D eigenvalue weighted by Gasteiger charge is 2.16. The highest BCUT2D eigenvalue weighted by molar-refractivity contribution is 5.70. The number of aliphatic hydroxyl groups excluding tert-OH is 1. The Morgan fingerprint density at radius 1 is 0.343 bits per heavy atom. The van der Waals surface area contributed by atoms with E-state index in [1.165, 1.54) is 148 Å². The Bertz CT molecular complexity index is 1380. The highest BCUT2D eigenvalue weighted by Crippen LogP contribution is 2.15. The third-order valence-corrected chi connectivity index (χ3v) is 12.6. The van der Waals surface area contributed by atoms with Crippen LogP contribution in [0, 0.1) is 0 Å². The molecule has 0 aliphatic rings. The quantitative estimate of drug-likeness (QED) is 0.0373. The zero-order valence-electron chi connectivity index (χ0n) is 45.7. The van der Waals surface area contributed by atoms with Gasteiger partial charge in [-0.25, -0.2) is 0 Å². The van der Waals surface area contributed by atoms with E-state index in [1.54, 1.807) is 0 Å². The van der Waals surface area contributed by atoms with Crippen LogP contribution in [0.2, 0.25) is 0 Å². The molecule has 0 saturated heterocycles. The summed E-state index contributed by atoms with van der Waals surface area (Å²) in [7, 11) is 0. The fourth-order valence-electron chi connectivity index (χ4n) is 8.15. The minimum absolute atomic E-state index is 0.0737. The van der Waals surface area contributed by atoms with E-state index in [1.807, 2.05) is 0 Å². The molecule has 0 spiro atoms. The van der Waals surface area contributed by atoms with Crippen LogP contribution in [0.15, 0.2) is 109 Å². The Balaban J connectivity index is 3.56. The van der Waals surface area contributed by atoms with Crippen molar-refractivity contribution in [1.82, 2.24) is 0 Å².